The average Bonchev–Trinajstić information content (AvgIpc) is 2.39. The highest BCUT2D eigenvalue weighted by atomic mass is 79.9. The summed E-state index contributed by atoms with van der Waals surface area (Å²) in [6, 6.07) is 2.42. The predicted octanol–water partition coefficient (Wildman–Crippen LogP) is 3.12. The smallest absolute Gasteiger partial charge is 0.335 e. The summed E-state index contributed by atoms with van der Waals surface area (Å²) in [6.45, 7) is 7.35. The van der Waals surface area contributed by atoms with Gasteiger partial charge in [-0.05, 0) is 37.5 Å². The monoisotopic (exact) mass is 377 g/mol. The van der Waals surface area contributed by atoms with E-state index in [4.69, 9.17) is 5.11 Å². The van der Waals surface area contributed by atoms with Crippen LogP contribution in [0, 0.1) is 12.8 Å². The summed E-state index contributed by atoms with van der Waals surface area (Å²) >= 11 is 3.23. The SMILES string of the molecule is Cc1c(Br)cc(C(=O)O)cc1S(=O)(=O)N(C)C(C)C(C)C. The minimum Gasteiger partial charge on any atom is -0.478 e. The number of carbonyl (C=O) groups is 1. The lowest BCUT2D eigenvalue weighted by Gasteiger charge is -2.28. The molecule has 5 nitrogen and oxygen atoms in total. The van der Waals surface area contributed by atoms with E-state index in [0.717, 1.165) is 0 Å². The maximum Gasteiger partial charge on any atom is 0.335 e. The number of carboxylic acid groups (broad SMARTS) is 1. The number of nitrogens with zero attached hydrogens (tertiary/aromatic N) is 1. The number of sulfonamides is 1. The molecule has 0 aliphatic heterocycles. The standard InChI is InChI=1S/C14H20BrNO4S/c1-8(2)10(4)16(5)21(19,20)13-7-11(14(17)18)6-12(15)9(13)3/h6-8,10H,1-5H3,(H,17,18). The molecule has 0 bridgehead atoms. The van der Waals surface area contributed by atoms with Crippen LogP contribution in [0.4, 0.5) is 0 Å². The molecule has 1 unspecified atom stereocenters. The molecule has 0 fully saturated rings. The van der Waals surface area contributed by atoms with Crippen LogP contribution in [0.15, 0.2) is 21.5 Å². The summed E-state index contributed by atoms with van der Waals surface area (Å²) in [5, 5.41) is 9.10. The zero-order valence-electron chi connectivity index (χ0n) is 12.7. The van der Waals surface area contributed by atoms with Crippen molar-refractivity contribution >= 4 is 31.9 Å². The number of aromatic carboxylic acids is 1. The lowest BCUT2D eigenvalue weighted by molar-refractivity contribution is 0.0696. The van der Waals surface area contributed by atoms with E-state index in [0.29, 0.717) is 10.0 Å². The number of halogens is 1. The van der Waals surface area contributed by atoms with Gasteiger partial charge in [0.25, 0.3) is 0 Å². The minimum absolute atomic E-state index is 0.0178. The number of hydrogen-bond donors (Lipinski definition) is 1. The van der Waals surface area contributed by atoms with Crippen LogP contribution in [0.25, 0.3) is 0 Å². The average molecular weight is 378 g/mol. The van der Waals surface area contributed by atoms with Gasteiger partial charge in [0.1, 0.15) is 0 Å². The van der Waals surface area contributed by atoms with Crippen LogP contribution in [-0.4, -0.2) is 36.9 Å². The summed E-state index contributed by atoms with van der Waals surface area (Å²) in [6.07, 6.45) is 0. The summed E-state index contributed by atoms with van der Waals surface area (Å²) < 4.78 is 27.2. The topological polar surface area (TPSA) is 74.7 Å². The van der Waals surface area contributed by atoms with Gasteiger partial charge in [-0.15, -0.1) is 0 Å². The van der Waals surface area contributed by atoms with E-state index < -0.39 is 16.0 Å². The Labute approximate surface area is 134 Å². The number of hydrogen-bond acceptors (Lipinski definition) is 3. The third-order valence-corrected chi connectivity index (χ3v) is 6.63. The molecule has 1 atom stereocenters. The first kappa shape index (κ1) is 18.1. The van der Waals surface area contributed by atoms with Crippen molar-refractivity contribution in [3.63, 3.8) is 0 Å². The van der Waals surface area contributed by atoms with Gasteiger partial charge >= 0.3 is 5.97 Å². The summed E-state index contributed by atoms with van der Waals surface area (Å²) in [5.74, 6) is -1.01. The Bertz CT molecular complexity index is 655. The van der Waals surface area contributed by atoms with Crippen LogP contribution in [0.5, 0.6) is 0 Å². The molecular formula is C14H20BrNO4S. The van der Waals surface area contributed by atoms with E-state index in [-0.39, 0.29) is 22.4 Å². The lowest BCUT2D eigenvalue weighted by atomic mass is 10.1. The Hall–Kier alpha value is -0.920. The van der Waals surface area contributed by atoms with Crippen LogP contribution in [0.3, 0.4) is 0 Å². The summed E-state index contributed by atoms with van der Waals surface area (Å²) in [5.41, 5.74) is 0.444. The highest BCUT2D eigenvalue weighted by Crippen LogP contribution is 2.29. The molecule has 1 aromatic carbocycles. The molecule has 1 aromatic rings. The van der Waals surface area contributed by atoms with Crippen molar-refractivity contribution in [3.05, 3.63) is 27.7 Å². The Balaban J connectivity index is 3.48. The van der Waals surface area contributed by atoms with Gasteiger partial charge in [-0.25, -0.2) is 13.2 Å². The van der Waals surface area contributed by atoms with E-state index in [1.165, 1.54) is 23.5 Å². The molecular weight excluding hydrogens is 358 g/mol. The molecule has 0 saturated carbocycles. The molecule has 0 radical (unpaired) electrons. The minimum atomic E-state index is -3.75. The zero-order chi connectivity index (χ0) is 16.5. The van der Waals surface area contributed by atoms with Gasteiger partial charge in [-0.1, -0.05) is 29.8 Å². The fourth-order valence-corrected chi connectivity index (χ4v) is 4.19. The highest BCUT2D eigenvalue weighted by molar-refractivity contribution is 9.10. The fourth-order valence-electron chi connectivity index (χ4n) is 1.84. The van der Waals surface area contributed by atoms with Crippen molar-refractivity contribution in [1.29, 1.82) is 0 Å². The molecule has 7 heteroatoms. The Morgan fingerprint density at radius 3 is 2.24 bits per heavy atom. The molecule has 0 aliphatic carbocycles. The Morgan fingerprint density at radius 1 is 1.29 bits per heavy atom. The predicted molar refractivity (Wildman–Crippen MR) is 85.1 cm³/mol. The van der Waals surface area contributed by atoms with E-state index in [1.807, 2.05) is 20.8 Å². The van der Waals surface area contributed by atoms with E-state index in [2.05, 4.69) is 15.9 Å². The van der Waals surface area contributed by atoms with Gasteiger partial charge in [0.2, 0.25) is 10.0 Å². The first-order valence-electron chi connectivity index (χ1n) is 6.51. The van der Waals surface area contributed by atoms with Crippen molar-refractivity contribution in [1.82, 2.24) is 4.31 Å². The second-order valence-corrected chi connectivity index (χ2v) is 8.21. The summed E-state index contributed by atoms with van der Waals surface area (Å²) in [4.78, 5) is 11.1. The van der Waals surface area contributed by atoms with Crippen LogP contribution >= 0.6 is 15.9 Å². The van der Waals surface area contributed by atoms with Crippen molar-refractivity contribution in [2.45, 2.75) is 38.6 Å². The van der Waals surface area contributed by atoms with E-state index in [9.17, 15) is 13.2 Å². The molecule has 0 saturated heterocycles. The van der Waals surface area contributed by atoms with Crippen molar-refractivity contribution < 1.29 is 18.3 Å². The van der Waals surface area contributed by atoms with E-state index >= 15 is 0 Å². The van der Waals surface area contributed by atoms with Crippen molar-refractivity contribution in [2.24, 2.45) is 5.92 Å². The number of carboxylic acids is 1. The quantitative estimate of drug-likeness (QED) is 0.854. The normalized spacial score (nSPS) is 13.7. The van der Waals surface area contributed by atoms with Gasteiger partial charge < -0.3 is 5.11 Å². The van der Waals surface area contributed by atoms with Crippen LogP contribution in [0.1, 0.15) is 36.7 Å². The molecule has 0 amide bonds. The van der Waals surface area contributed by atoms with Gasteiger partial charge in [-0.3, -0.25) is 0 Å². The largest absolute Gasteiger partial charge is 0.478 e. The molecule has 118 valence electrons. The second-order valence-electron chi connectivity index (χ2n) is 5.39. The molecule has 1 rings (SSSR count). The first-order chi connectivity index (χ1) is 9.50. The molecule has 0 aliphatic rings. The fraction of sp³-hybridized carbons (Fsp3) is 0.500. The van der Waals surface area contributed by atoms with Gasteiger partial charge in [0.15, 0.2) is 0 Å². The summed E-state index contributed by atoms with van der Waals surface area (Å²) in [7, 11) is -2.24. The Morgan fingerprint density at radius 2 is 1.81 bits per heavy atom. The van der Waals surface area contributed by atoms with Gasteiger partial charge in [0, 0.05) is 17.6 Å². The third kappa shape index (κ3) is 3.64. The number of rotatable bonds is 5. The van der Waals surface area contributed by atoms with Gasteiger partial charge in [-0.2, -0.15) is 4.31 Å². The lowest BCUT2D eigenvalue weighted by Crippen LogP contribution is -2.38. The molecule has 0 spiro atoms. The maximum atomic E-state index is 12.7. The van der Waals surface area contributed by atoms with Crippen LogP contribution in [-0.2, 0) is 10.0 Å². The molecule has 0 heterocycles. The zero-order valence-corrected chi connectivity index (χ0v) is 15.1. The molecule has 21 heavy (non-hydrogen) atoms. The van der Waals surface area contributed by atoms with Gasteiger partial charge in [0.05, 0.1) is 10.5 Å². The number of benzene rings is 1. The van der Waals surface area contributed by atoms with Crippen LogP contribution in [0.2, 0.25) is 0 Å². The maximum absolute atomic E-state index is 12.7. The second kappa shape index (κ2) is 6.46. The third-order valence-electron chi connectivity index (χ3n) is 3.74. The molecule has 0 aromatic heterocycles. The van der Waals surface area contributed by atoms with Crippen LogP contribution < -0.4 is 0 Å². The highest BCUT2D eigenvalue weighted by Gasteiger charge is 2.29. The van der Waals surface area contributed by atoms with Crippen molar-refractivity contribution in [3.8, 4) is 0 Å². The van der Waals surface area contributed by atoms with Crippen molar-refractivity contribution in [2.75, 3.05) is 7.05 Å². The van der Waals surface area contributed by atoms with E-state index in [1.54, 1.807) is 6.92 Å². The molecule has 1 N–H and O–H groups in total. The Kier molecular flexibility index (Phi) is 5.57. The first-order valence-corrected chi connectivity index (χ1v) is 8.75.